The van der Waals surface area contributed by atoms with Crippen molar-refractivity contribution in [2.24, 2.45) is 0 Å². The summed E-state index contributed by atoms with van der Waals surface area (Å²) < 4.78 is 2.12. The Morgan fingerprint density at radius 3 is 2.67 bits per heavy atom. The fourth-order valence-corrected chi connectivity index (χ4v) is 2.39. The van der Waals surface area contributed by atoms with Crippen molar-refractivity contribution in [1.29, 1.82) is 0 Å². The summed E-state index contributed by atoms with van der Waals surface area (Å²) >= 11 is 0. The molecule has 2 heterocycles. The molecule has 0 saturated carbocycles. The molecule has 3 heteroatoms. The topological polar surface area (TPSA) is 29.3 Å². The van der Waals surface area contributed by atoms with Crippen LogP contribution in [0.2, 0.25) is 0 Å². The summed E-state index contributed by atoms with van der Waals surface area (Å²) in [6.45, 7) is 2.87. The van der Waals surface area contributed by atoms with Crippen molar-refractivity contribution < 1.29 is 0 Å². The quantitative estimate of drug-likeness (QED) is 0.790. The summed E-state index contributed by atoms with van der Waals surface area (Å²) in [5.74, 6) is 0.955. The van der Waals surface area contributed by atoms with Crippen molar-refractivity contribution in [3.63, 3.8) is 0 Å². The van der Waals surface area contributed by atoms with E-state index in [4.69, 9.17) is 4.98 Å². The molecule has 0 radical (unpaired) electrons. The summed E-state index contributed by atoms with van der Waals surface area (Å²) in [5.41, 5.74) is 4.68. The van der Waals surface area contributed by atoms with Crippen LogP contribution in [0.4, 0.5) is 0 Å². The van der Waals surface area contributed by atoms with E-state index >= 15 is 0 Å². The van der Waals surface area contributed by atoms with Gasteiger partial charge in [0.2, 0.25) is 0 Å². The maximum Gasteiger partial charge on any atom is 0.137 e. The molecule has 1 N–H and O–H groups in total. The number of imidazole rings is 1. The molecule has 0 bridgehead atoms. The molecular formula is C18H19N3. The van der Waals surface area contributed by atoms with Crippen molar-refractivity contribution in [2.45, 2.75) is 13.5 Å². The Morgan fingerprint density at radius 2 is 1.90 bits per heavy atom. The van der Waals surface area contributed by atoms with E-state index in [1.807, 2.05) is 19.2 Å². The van der Waals surface area contributed by atoms with Gasteiger partial charge in [-0.1, -0.05) is 42.0 Å². The minimum Gasteiger partial charge on any atom is -0.314 e. The zero-order chi connectivity index (χ0) is 14.7. The molecule has 3 rings (SSSR count). The number of fused-ring (bicyclic) bond motifs is 1. The molecule has 0 spiro atoms. The Bertz CT molecular complexity index is 767. The fraction of sp³-hybridized carbons (Fsp3) is 0.167. The van der Waals surface area contributed by atoms with Gasteiger partial charge in [0.25, 0.3) is 0 Å². The van der Waals surface area contributed by atoms with Crippen molar-refractivity contribution >= 4 is 17.7 Å². The number of hydrogen-bond acceptors (Lipinski definition) is 2. The largest absolute Gasteiger partial charge is 0.314 e. The van der Waals surface area contributed by atoms with Crippen LogP contribution in [0, 0.1) is 6.92 Å². The number of rotatable bonds is 4. The molecule has 21 heavy (non-hydrogen) atoms. The lowest BCUT2D eigenvalue weighted by atomic mass is 10.1. The van der Waals surface area contributed by atoms with E-state index in [2.05, 4.69) is 65.3 Å². The molecule has 0 amide bonds. The van der Waals surface area contributed by atoms with Crippen molar-refractivity contribution in [3.8, 4) is 0 Å². The van der Waals surface area contributed by atoms with Crippen molar-refractivity contribution in [2.75, 3.05) is 7.05 Å². The monoisotopic (exact) mass is 277 g/mol. The van der Waals surface area contributed by atoms with Gasteiger partial charge in [-0.05, 0) is 37.7 Å². The third-order valence-corrected chi connectivity index (χ3v) is 3.50. The molecule has 0 atom stereocenters. The molecule has 3 nitrogen and oxygen atoms in total. The third-order valence-electron chi connectivity index (χ3n) is 3.50. The van der Waals surface area contributed by atoms with Crippen LogP contribution in [0.15, 0.2) is 48.7 Å². The van der Waals surface area contributed by atoms with Gasteiger partial charge >= 0.3 is 0 Å². The number of benzene rings is 1. The van der Waals surface area contributed by atoms with Crippen molar-refractivity contribution in [1.82, 2.24) is 14.7 Å². The maximum atomic E-state index is 4.73. The molecule has 0 fully saturated rings. The molecule has 0 aliphatic carbocycles. The van der Waals surface area contributed by atoms with Crippen LogP contribution in [-0.4, -0.2) is 16.4 Å². The zero-order valence-corrected chi connectivity index (χ0v) is 12.4. The number of hydrogen-bond donors (Lipinski definition) is 1. The first kappa shape index (κ1) is 13.6. The van der Waals surface area contributed by atoms with E-state index < -0.39 is 0 Å². The number of aryl methyl sites for hydroxylation is 1. The fourth-order valence-electron chi connectivity index (χ4n) is 2.39. The number of pyridine rings is 1. The average Bonchev–Trinajstić information content (AvgIpc) is 2.86. The second-order valence-electron chi connectivity index (χ2n) is 5.15. The minimum atomic E-state index is 0.770. The van der Waals surface area contributed by atoms with E-state index in [0.717, 1.165) is 23.6 Å². The summed E-state index contributed by atoms with van der Waals surface area (Å²) in [7, 11) is 1.94. The molecule has 0 unspecified atom stereocenters. The van der Waals surface area contributed by atoms with Crippen LogP contribution >= 0.6 is 0 Å². The SMILES string of the molecule is CNCc1nc(/C=C/c2ccc(C)cc2)n2ccccc12. The zero-order valence-electron chi connectivity index (χ0n) is 12.4. The van der Waals surface area contributed by atoms with Crippen LogP contribution in [0.25, 0.3) is 17.7 Å². The first-order chi connectivity index (χ1) is 10.3. The summed E-state index contributed by atoms with van der Waals surface area (Å²) in [6, 6.07) is 14.7. The number of nitrogens with one attached hydrogen (secondary N) is 1. The number of nitrogens with zero attached hydrogens (tertiary/aromatic N) is 2. The smallest absolute Gasteiger partial charge is 0.137 e. The number of aromatic nitrogens is 2. The molecule has 106 valence electrons. The average molecular weight is 277 g/mol. The molecule has 2 aromatic heterocycles. The Morgan fingerprint density at radius 1 is 1.10 bits per heavy atom. The minimum absolute atomic E-state index is 0.770. The van der Waals surface area contributed by atoms with Gasteiger partial charge in [-0.3, -0.25) is 4.40 Å². The summed E-state index contributed by atoms with van der Waals surface area (Å²) in [4.78, 5) is 4.73. The Labute approximate surface area is 125 Å². The van der Waals surface area contributed by atoms with E-state index in [1.54, 1.807) is 0 Å². The lowest BCUT2D eigenvalue weighted by molar-refractivity contribution is 0.802. The Kier molecular flexibility index (Phi) is 3.84. The van der Waals surface area contributed by atoms with Crippen LogP contribution < -0.4 is 5.32 Å². The van der Waals surface area contributed by atoms with Crippen LogP contribution in [-0.2, 0) is 6.54 Å². The van der Waals surface area contributed by atoms with Gasteiger partial charge in [0.15, 0.2) is 0 Å². The molecule has 0 aliphatic rings. The highest BCUT2D eigenvalue weighted by Crippen LogP contribution is 2.15. The summed E-state index contributed by atoms with van der Waals surface area (Å²) in [5, 5.41) is 3.17. The molecule has 3 aromatic rings. The Hall–Kier alpha value is -2.39. The van der Waals surface area contributed by atoms with Gasteiger partial charge in [0.1, 0.15) is 5.82 Å². The molecule has 0 aliphatic heterocycles. The molecule has 1 aromatic carbocycles. The maximum absolute atomic E-state index is 4.73. The highest BCUT2D eigenvalue weighted by molar-refractivity contribution is 5.69. The first-order valence-electron chi connectivity index (χ1n) is 7.13. The molecular weight excluding hydrogens is 258 g/mol. The van der Waals surface area contributed by atoms with Gasteiger partial charge in [-0.2, -0.15) is 0 Å². The predicted molar refractivity (Wildman–Crippen MR) is 88.1 cm³/mol. The second kappa shape index (κ2) is 5.94. The predicted octanol–water partition coefficient (Wildman–Crippen LogP) is 3.53. The summed E-state index contributed by atoms with van der Waals surface area (Å²) in [6.07, 6.45) is 6.22. The standard InChI is InChI=1S/C18H19N3/c1-14-6-8-15(9-7-14)10-11-18-20-16(13-19-2)17-5-3-4-12-21(17)18/h3-12,19H,13H2,1-2H3/b11-10+. The third kappa shape index (κ3) is 2.88. The van der Waals surface area contributed by atoms with Gasteiger partial charge in [0, 0.05) is 12.7 Å². The van der Waals surface area contributed by atoms with Gasteiger partial charge < -0.3 is 5.32 Å². The van der Waals surface area contributed by atoms with E-state index in [1.165, 1.54) is 11.1 Å². The van der Waals surface area contributed by atoms with Crippen LogP contribution in [0.3, 0.4) is 0 Å². The van der Waals surface area contributed by atoms with E-state index in [0.29, 0.717) is 0 Å². The molecule has 0 saturated heterocycles. The highest BCUT2D eigenvalue weighted by Gasteiger charge is 2.07. The highest BCUT2D eigenvalue weighted by atomic mass is 15.0. The van der Waals surface area contributed by atoms with Crippen LogP contribution in [0.1, 0.15) is 22.6 Å². The van der Waals surface area contributed by atoms with E-state index in [9.17, 15) is 0 Å². The second-order valence-corrected chi connectivity index (χ2v) is 5.15. The lowest BCUT2D eigenvalue weighted by Crippen LogP contribution is -2.05. The lowest BCUT2D eigenvalue weighted by Gasteiger charge is -1.97. The van der Waals surface area contributed by atoms with Crippen molar-refractivity contribution in [3.05, 3.63) is 71.3 Å². The normalized spacial score (nSPS) is 11.5. The first-order valence-corrected chi connectivity index (χ1v) is 7.13. The Balaban J connectivity index is 1.98. The van der Waals surface area contributed by atoms with E-state index in [-0.39, 0.29) is 0 Å². The van der Waals surface area contributed by atoms with Crippen LogP contribution in [0.5, 0.6) is 0 Å². The van der Waals surface area contributed by atoms with Gasteiger partial charge in [0.05, 0.1) is 11.2 Å². The van der Waals surface area contributed by atoms with Gasteiger partial charge in [-0.25, -0.2) is 4.98 Å². The van der Waals surface area contributed by atoms with Gasteiger partial charge in [-0.15, -0.1) is 0 Å².